The van der Waals surface area contributed by atoms with Crippen LogP contribution in [0, 0.1) is 5.82 Å². The van der Waals surface area contributed by atoms with Gasteiger partial charge < -0.3 is 20.1 Å². The largest absolute Gasteiger partial charge is 0.454 e. The fourth-order valence-electron chi connectivity index (χ4n) is 2.14. The molecule has 0 saturated carbocycles. The first kappa shape index (κ1) is 16.1. The summed E-state index contributed by atoms with van der Waals surface area (Å²) in [6.07, 6.45) is 0. The van der Waals surface area contributed by atoms with Gasteiger partial charge in [-0.05, 0) is 24.3 Å². The van der Waals surface area contributed by atoms with Crippen LogP contribution in [0.1, 0.15) is 10.4 Å². The van der Waals surface area contributed by atoms with Crippen molar-refractivity contribution >= 4 is 29.1 Å². The summed E-state index contributed by atoms with van der Waals surface area (Å²) in [5, 5.41) is 4.89. The van der Waals surface area contributed by atoms with E-state index in [1.807, 2.05) is 0 Å². The van der Waals surface area contributed by atoms with Gasteiger partial charge in [0.05, 0.1) is 17.1 Å². The normalized spacial score (nSPS) is 11.9. The predicted octanol–water partition coefficient (Wildman–Crippen LogP) is 2.58. The first-order chi connectivity index (χ1) is 11.5. The molecule has 2 aromatic carbocycles. The van der Waals surface area contributed by atoms with Crippen LogP contribution in [0.3, 0.4) is 0 Å². The van der Waals surface area contributed by atoms with E-state index >= 15 is 0 Å². The van der Waals surface area contributed by atoms with Crippen LogP contribution in [0.15, 0.2) is 36.4 Å². The maximum atomic E-state index is 13.6. The second-order valence-electron chi connectivity index (χ2n) is 4.90. The summed E-state index contributed by atoms with van der Waals surface area (Å²) in [6, 6.07) is 8.81. The number of nitrogens with one attached hydrogen (secondary N) is 2. The first-order valence-electron chi connectivity index (χ1n) is 6.96. The molecule has 1 aliphatic rings. The van der Waals surface area contributed by atoms with Crippen LogP contribution in [0.2, 0.25) is 5.02 Å². The quantitative estimate of drug-likeness (QED) is 0.888. The molecular formula is C16H12ClFN2O4. The Labute approximate surface area is 141 Å². The van der Waals surface area contributed by atoms with Crippen molar-refractivity contribution in [1.82, 2.24) is 5.32 Å². The van der Waals surface area contributed by atoms with E-state index in [1.165, 1.54) is 12.1 Å². The van der Waals surface area contributed by atoms with Crippen molar-refractivity contribution in [3.8, 4) is 11.5 Å². The average Bonchev–Trinajstić information content (AvgIpc) is 3.00. The lowest BCUT2D eigenvalue weighted by molar-refractivity contribution is -0.115. The number of carbonyl (C=O) groups is 2. The zero-order valence-corrected chi connectivity index (χ0v) is 13.0. The number of anilines is 1. The fraction of sp³-hybridized carbons (Fsp3) is 0.125. The molecule has 124 valence electrons. The number of rotatable bonds is 4. The highest BCUT2D eigenvalue weighted by Crippen LogP contribution is 2.34. The van der Waals surface area contributed by atoms with Gasteiger partial charge in [-0.3, -0.25) is 9.59 Å². The minimum atomic E-state index is -0.765. The van der Waals surface area contributed by atoms with E-state index in [4.69, 9.17) is 21.1 Å². The van der Waals surface area contributed by atoms with E-state index in [-0.39, 0.29) is 23.9 Å². The predicted molar refractivity (Wildman–Crippen MR) is 84.9 cm³/mol. The molecule has 0 atom stereocenters. The number of hydrogen-bond acceptors (Lipinski definition) is 4. The third-order valence-corrected chi connectivity index (χ3v) is 3.57. The maximum absolute atomic E-state index is 13.6. The smallest absolute Gasteiger partial charge is 0.256 e. The summed E-state index contributed by atoms with van der Waals surface area (Å²) < 4.78 is 24.0. The van der Waals surface area contributed by atoms with E-state index in [9.17, 15) is 14.0 Å². The molecule has 6 nitrogen and oxygen atoms in total. The van der Waals surface area contributed by atoms with Crippen molar-refractivity contribution in [1.29, 1.82) is 0 Å². The summed E-state index contributed by atoms with van der Waals surface area (Å²) in [7, 11) is 0. The summed E-state index contributed by atoms with van der Waals surface area (Å²) >= 11 is 5.80. The Bertz CT molecular complexity index is 792. The molecule has 3 rings (SSSR count). The standard InChI is InChI=1S/C16H12ClFN2O4/c17-10-2-1-3-11(18)15(10)16(22)19-7-14(21)20-9-4-5-12-13(6-9)24-8-23-12/h1-6H,7-8H2,(H,19,22)(H,20,21). The highest BCUT2D eigenvalue weighted by Gasteiger charge is 2.17. The van der Waals surface area contributed by atoms with E-state index in [2.05, 4.69) is 10.6 Å². The molecule has 1 heterocycles. The van der Waals surface area contributed by atoms with Gasteiger partial charge in [0.1, 0.15) is 5.82 Å². The van der Waals surface area contributed by atoms with Crippen molar-refractivity contribution in [2.24, 2.45) is 0 Å². The Kier molecular flexibility index (Phi) is 4.52. The molecule has 24 heavy (non-hydrogen) atoms. The summed E-state index contributed by atoms with van der Waals surface area (Å²) in [5.74, 6) is -0.879. The van der Waals surface area contributed by atoms with Crippen molar-refractivity contribution in [3.63, 3.8) is 0 Å². The molecule has 0 saturated heterocycles. The van der Waals surface area contributed by atoms with Gasteiger partial charge in [-0.2, -0.15) is 0 Å². The zero-order valence-electron chi connectivity index (χ0n) is 12.3. The monoisotopic (exact) mass is 350 g/mol. The van der Waals surface area contributed by atoms with Gasteiger partial charge in [0.2, 0.25) is 12.7 Å². The second kappa shape index (κ2) is 6.76. The Morgan fingerprint density at radius 2 is 1.96 bits per heavy atom. The molecule has 2 N–H and O–H groups in total. The average molecular weight is 351 g/mol. The van der Waals surface area contributed by atoms with Gasteiger partial charge in [-0.1, -0.05) is 17.7 Å². The molecule has 0 fully saturated rings. The number of fused-ring (bicyclic) bond motifs is 1. The van der Waals surface area contributed by atoms with Crippen LogP contribution in [0.4, 0.5) is 10.1 Å². The second-order valence-corrected chi connectivity index (χ2v) is 5.30. The minimum Gasteiger partial charge on any atom is -0.454 e. The van der Waals surface area contributed by atoms with Crippen LogP contribution in [0.25, 0.3) is 0 Å². The molecule has 0 aliphatic carbocycles. The van der Waals surface area contributed by atoms with Crippen molar-refractivity contribution in [2.75, 3.05) is 18.7 Å². The number of benzene rings is 2. The van der Waals surface area contributed by atoms with E-state index in [0.29, 0.717) is 17.2 Å². The van der Waals surface area contributed by atoms with Crippen molar-refractivity contribution in [2.45, 2.75) is 0 Å². The molecule has 8 heteroatoms. The van der Waals surface area contributed by atoms with Crippen LogP contribution < -0.4 is 20.1 Å². The summed E-state index contributed by atoms with van der Waals surface area (Å²) in [5.41, 5.74) is 0.192. The highest BCUT2D eigenvalue weighted by molar-refractivity contribution is 6.33. The maximum Gasteiger partial charge on any atom is 0.256 e. The number of carbonyl (C=O) groups excluding carboxylic acids is 2. The SMILES string of the molecule is O=C(CNC(=O)c1c(F)cccc1Cl)Nc1ccc2c(c1)OCO2. The third kappa shape index (κ3) is 3.41. The molecule has 1 aliphatic heterocycles. The molecular weight excluding hydrogens is 339 g/mol. The number of halogens is 2. The Morgan fingerprint density at radius 1 is 1.17 bits per heavy atom. The van der Waals surface area contributed by atoms with Gasteiger partial charge >= 0.3 is 0 Å². The lowest BCUT2D eigenvalue weighted by Gasteiger charge is -2.09. The highest BCUT2D eigenvalue weighted by atomic mass is 35.5. The first-order valence-corrected chi connectivity index (χ1v) is 7.34. The van der Waals surface area contributed by atoms with Crippen LogP contribution in [-0.4, -0.2) is 25.2 Å². The number of ether oxygens (including phenoxy) is 2. The molecule has 0 radical (unpaired) electrons. The lowest BCUT2D eigenvalue weighted by Crippen LogP contribution is -2.33. The fourth-order valence-corrected chi connectivity index (χ4v) is 2.39. The minimum absolute atomic E-state index is 0.0244. The zero-order chi connectivity index (χ0) is 17.1. The molecule has 0 spiro atoms. The molecule has 0 aromatic heterocycles. The van der Waals surface area contributed by atoms with Crippen LogP contribution in [0.5, 0.6) is 11.5 Å². The Morgan fingerprint density at radius 3 is 2.75 bits per heavy atom. The lowest BCUT2D eigenvalue weighted by atomic mass is 10.2. The Hall–Kier alpha value is -2.80. The molecule has 0 unspecified atom stereocenters. The van der Waals surface area contributed by atoms with E-state index in [0.717, 1.165) is 6.07 Å². The summed E-state index contributed by atoms with van der Waals surface area (Å²) in [4.78, 5) is 23.8. The van der Waals surface area contributed by atoms with Crippen molar-refractivity contribution < 1.29 is 23.5 Å². The van der Waals surface area contributed by atoms with Gasteiger partial charge in [-0.15, -0.1) is 0 Å². The molecule has 2 aromatic rings. The Balaban J connectivity index is 1.59. The number of hydrogen-bond donors (Lipinski definition) is 2. The van der Waals surface area contributed by atoms with Crippen LogP contribution in [-0.2, 0) is 4.79 Å². The van der Waals surface area contributed by atoms with Gasteiger partial charge in [0, 0.05) is 11.8 Å². The third-order valence-electron chi connectivity index (χ3n) is 3.26. The topological polar surface area (TPSA) is 76.7 Å². The van der Waals surface area contributed by atoms with Crippen molar-refractivity contribution in [3.05, 3.63) is 52.8 Å². The van der Waals surface area contributed by atoms with Gasteiger partial charge in [0.15, 0.2) is 11.5 Å². The molecule has 2 amide bonds. The van der Waals surface area contributed by atoms with Crippen LogP contribution >= 0.6 is 11.6 Å². The summed E-state index contributed by atoms with van der Waals surface area (Å²) in [6.45, 7) is -0.204. The number of amides is 2. The van der Waals surface area contributed by atoms with Gasteiger partial charge in [0.25, 0.3) is 5.91 Å². The van der Waals surface area contributed by atoms with E-state index in [1.54, 1.807) is 18.2 Å². The van der Waals surface area contributed by atoms with Gasteiger partial charge in [-0.25, -0.2) is 4.39 Å². The molecule has 0 bridgehead atoms. The van der Waals surface area contributed by atoms with E-state index < -0.39 is 17.6 Å².